The number of nitrogens with one attached hydrogen (secondary N) is 1. The number of aryl methyl sites for hydroxylation is 1. The fourth-order valence-corrected chi connectivity index (χ4v) is 2.98. The molecular formula is C14H15ClIN3O. The molecule has 0 bridgehead atoms. The van der Waals surface area contributed by atoms with Crippen LogP contribution in [-0.4, -0.2) is 24.1 Å². The lowest BCUT2D eigenvalue weighted by Crippen LogP contribution is -2.04. The molecular weight excluding hydrogens is 389 g/mol. The summed E-state index contributed by atoms with van der Waals surface area (Å²) in [5, 5.41) is 3.65. The van der Waals surface area contributed by atoms with E-state index in [1.165, 1.54) is 0 Å². The van der Waals surface area contributed by atoms with Crippen molar-refractivity contribution in [2.45, 2.75) is 13.3 Å². The van der Waals surface area contributed by atoms with Gasteiger partial charge in [-0.15, -0.1) is 0 Å². The highest BCUT2D eigenvalue weighted by Gasteiger charge is 2.12. The second-order valence-corrected chi connectivity index (χ2v) is 5.60. The van der Waals surface area contributed by atoms with Gasteiger partial charge in [-0.05, 0) is 47.2 Å². The summed E-state index contributed by atoms with van der Waals surface area (Å²) < 4.78 is 6.21. The SMILES string of the molecule is CCc1nc(-c2ccc(OC)c(Cl)c2)nc(NC)c1I. The van der Waals surface area contributed by atoms with E-state index in [0.717, 1.165) is 27.1 Å². The average Bonchev–Trinajstić information content (AvgIpc) is 2.47. The van der Waals surface area contributed by atoms with Crippen LogP contribution in [0, 0.1) is 3.57 Å². The molecule has 20 heavy (non-hydrogen) atoms. The summed E-state index contributed by atoms with van der Waals surface area (Å²) in [5.74, 6) is 2.14. The molecule has 2 rings (SSSR count). The fourth-order valence-electron chi connectivity index (χ4n) is 1.83. The van der Waals surface area contributed by atoms with E-state index >= 15 is 0 Å². The maximum absolute atomic E-state index is 6.16. The Hall–Kier alpha value is -1.08. The van der Waals surface area contributed by atoms with Crippen molar-refractivity contribution >= 4 is 40.0 Å². The molecule has 4 nitrogen and oxygen atoms in total. The second-order valence-electron chi connectivity index (χ2n) is 4.11. The topological polar surface area (TPSA) is 47.0 Å². The summed E-state index contributed by atoms with van der Waals surface area (Å²) in [5.41, 5.74) is 1.89. The smallest absolute Gasteiger partial charge is 0.161 e. The molecule has 1 N–H and O–H groups in total. The van der Waals surface area contributed by atoms with Gasteiger partial charge >= 0.3 is 0 Å². The molecule has 1 aromatic heterocycles. The quantitative estimate of drug-likeness (QED) is 0.784. The molecule has 0 fully saturated rings. The van der Waals surface area contributed by atoms with Crippen molar-refractivity contribution in [2.75, 3.05) is 19.5 Å². The van der Waals surface area contributed by atoms with Gasteiger partial charge in [0.2, 0.25) is 0 Å². The Balaban J connectivity index is 2.54. The predicted octanol–water partition coefficient (Wildman–Crippen LogP) is 4.01. The van der Waals surface area contributed by atoms with Gasteiger partial charge in [0.25, 0.3) is 0 Å². The summed E-state index contributed by atoms with van der Waals surface area (Å²) in [4.78, 5) is 9.15. The molecule has 1 aromatic carbocycles. The molecule has 0 spiro atoms. The first-order valence-electron chi connectivity index (χ1n) is 6.18. The number of aromatic nitrogens is 2. The van der Waals surface area contributed by atoms with Crippen LogP contribution >= 0.6 is 34.2 Å². The molecule has 1 heterocycles. The molecule has 106 valence electrons. The van der Waals surface area contributed by atoms with Gasteiger partial charge in [-0.25, -0.2) is 9.97 Å². The number of halogens is 2. The minimum Gasteiger partial charge on any atom is -0.495 e. The summed E-state index contributed by atoms with van der Waals surface area (Å²) in [7, 11) is 3.45. The van der Waals surface area contributed by atoms with Crippen molar-refractivity contribution < 1.29 is 4.74 Å². The molecule has 0 radical (unpaired) electrons. The molecule has 2 aromatic rings. The zero-order valence-corrected chi connectivity index (χ0v) is 14.4. The Bertz CT molecular complexity index is 609. The lowest BCUT2D eigenvalue weighted by atomic mass is 10.2. The summed E-state index contributed by atoms with van der Waals surface area (Å²) in [6, 6.07) is 5.55. The van der Waals surface area contributed by atoms with Gasteiger partial charge in [-0.1, -0.05) is 18.5 Å². The molecule has 0 atom stereocenters. The van der Waals surface area contributed by atoms with Gasteiger partial charge in [-0.2, -0.15) is 0 Å². The maximum Gasteiger partial charge on any atom is 0.161 e. The van der Waals surface area contributed by atoms with Crippen LogP contribution in [0.4, 0.5) is 5.82 Å². The Morgan fingerprint density at radius 3 is 2.65 bits per heavy atom. The van der Waals surface area contributed by atoms with Gasteiger partial charge < -0.3 is 10.1 Å². The van der Waals surface area contributed by atoms with Crippen LogP contribution in [0.2, 0.25) is 5.02 Å². The lowest BCUT2D eigenvalue weighted by molar-refractivity contribution is 0.415. The fraction of sp³-hybridized carbons (Fsp3) is 0.286. The highest BCUT2D eigenvalue weighted by Crippen LogP contribution is 2.30. The predicted molar refractivity (Wildman–Crippen MR) is 90.7 cm³/mol. The zero-order valence-electron chi connectivity index (χ0n) is 11.5. The van der Waals surface area contributed by atoms with Crippen LogP contribution in [0.25, 0.3) is 11.4 Å². The van der Waals surface area contributed by atoms with E-state index < -0.39 is 0 Å². The van der Waals surface area contributed by atoms with Crippen molar-refractivity contribution in [1.29, 1.82) is 0 Å². The minimum atomic E-state index is 0.552. The van der Waals surface area contributed by atoms with Crippen LogP contribution in [-0.2, 0) is 6.42 Å². The molecule has 0 saturated carbocycles. The standard InChI is InChI=1S/C14H15ClIN3O/c1-4-10-12(16)14(17-2)19-13(18-10)8-5-6-11(20-3)9(15)7-8/h5-7H,4H2,1-3H3,(H,17,18,19). The highest BCUT2D eigenvalue weighted by atomic mass is 127. The third-order valence-electron chi connectivity index (χ3n) is 2.90. The van der Waals surface area contributed by atoms with E-state index in [1.807, 2.05) is 25.2 Å². The molecule has 0 aliphatic rings. The number of anilines is 1. The number of ether oxygens (including phenoxy) is 1. The van der Waals surface area contributed by atoms with Gasteiger partial charge in [-0.3, -0.25) is 0 Å². The number of nitrogens with zero attached hydrogens (tertiary/aromatic N) is 2. The Morgan fingerprint density at radius 2 is 2.10 bits per heavy atom. The number of hydrogen-bond acceptors (Lipinski definition) is 4. The van der Waals surface area contributed by atoms with E-state index in [-0.39, 0.29) is 0 Å². The monoisotopic (exact) mass is 403 g/mol. The van der Waals surface area contributed by atoms with Crippen LogP contribution in [0.15, 0.2) is 18.2 Å². The lowest BCUT2D eigenvalue weighted by Gasteiger charge is -2.11. The third-order valence-corrected chi connectivity index (χ3v) is 4.33. The summed E-state index contributed by atoms with van der Waals surface area (Å²) >= 11 is 8.42. The van der Waals surface area contributed by atoms with E-state index in [4.69, 9.17) is 16.3 Å². The van der Waals surface area contributed by atoms with Crippen molar-refractivity contribution in [3.8, 4) is 17.1 Å². The van der Waals surface area contributed by atoms with Crippen molar-refractivity contribution in [3.63, 3.8) is 0 Å². The first-order chi connectivity index (χ1) is 9.60. The van der Waals surface area contributed by atoms with E-state index in [1.54, 1.807) is 7.11 Å². The largest absolute Gasteiger partial charge is 0.495 e. The molecule has 0 aliphatic carbocycles. The molecule has 0 amide bonds. The minimum absolute atomic E-state index is 0.552. The van der Waals surface area contributed by atoms with E-state index in [9.17, 15) is 0 Å². The maximum atomic E-state index is 6.16. The van der Waals surface area contributed by atoms with Crippen molar-refractivity contribution in [2.24, 2.45) is 0 Å². The number of methoxy groups -OCH3 is 1. The van der Waals surface area contributed by atoms with E-state index in [0.29, 0.717) is 16.6 Å². The molecule has 6 heteroatoms. The first kappa shape index (κ1) is 15.3. The normalized spacial score (nSPS) is 10.4. The van der Waals surface area contributed by atoms with Crippen LogP contribution < -0.4 is 10.1 Å². The Morgan fingerprint density at radius 1 is 1.35 bits per heavy atom. The third kappa shape index (κ3) is 2.98. The highest BCUT2D eigenvalue weighted by molar-refractivity contribution is 14.1. The molecule has 0 saturated heterocycles. The number of rotatable bonds is 4. The molecule has 0 unspecified atom stereocenters. The average molecular weight is 404 g/mol. The zero-order chi connectivity index (χ0) is 14.7. The summed E-state index contributed by atoms with van der Waals surface area (Å²) in [6.07, 6.45) is 0.854. The van der Waals surface area contributed by atoms with Crippen LogP contribution in [0.1, 0.15) is 12.6 Å². The first-order valence-corrected chi connectivity index (χ1v) is 7.64. The van der Waals surface area contributed by atoms with Gasteiger partial charge in [0, 0.05) is 12.6 Å². The van der Waals surface area contributed by atoms with Crippen molar-refractivity contribution in [1.82, 2.24) is 9.97 Å². The van der Waals surface area contributed by atoms with Crippen LogP contribution in [0.3, 0.4) is 0 Å². The number of hydrogen-bond donors (Lipinski definition) is 1. The summed E-state index contributed by atoms with van der Waals surface area (Å²) in [6.45, 7) is 2.08. The second kappa shape index (κ2) is 6.58. The number of benzene rings is 1. The van der Waals surface area contributed by atoms with Crippen LogP contribution in [0.5, 0.6) is 5.75 Å². The van der Waals surface area contributed by atoms with Gasteiger partial charge in [0.15, 0.2) is 5.82 Å². The van der Waals surface area contributed by atoms with Crippen molar-refractivity contribution in [3.05, 3.63) is 32.5 Å². The van der Waals surface area contributed by atoms with Gasteiger partial charge in [0.1, 0.15) is 11.6 Å². The van der Waals surface area contributed by atoms with Gasteiger partial charge in [0.05, 0.1) is 21.4 Å². The Kier molecular flexibility index (Phi) is 5.04. The molecule has 0 aliphatic heterocycles. The Labute approximate surface area is 137 Å². The van der Waals surface area contributed by atoms with E-state index in [2.05, 4.69) is 44.8 Å².